The van der Waals surface area contributed by atoms with E-state index in [2.05, 4.69) is 20.7 Å². The zero-order valence-corrected chi connectivity index (χ0v) is 13.6. The molecule has 0 N–H and O–H groups in total. The summed E-state index contributed by atoms with van der Waals surface area (Å²) >= 11 is 3.13. The first kappa shape index (κ1) is 15.6. The number of nitrogens with zero attached hydrogens (tertiary/aromatic N) is 1. The fourth-order valence-electron chi connectivity index (χ4n) is 1.69. The zero-order chi connectivity index (χ0) is 15.6. The smallest absolute Gasteiger partial charge is 0.339 e. The highest BCUT2D eigenvalue weighted by Gasteiger charge is 2.22. The van der Waals surface area contributed by atoms with Crippen molar-refractivity contribution < 1.29 is 22.7 Å². The number of carbonyl (C=O) groups excluding carboxylic acids is 1. The summed E-state index contributed by atoms with van der Waals surface area (Å²) in [7, 11) is -1.09. The van der Waals surface area contributed by atoms with Crippen LogP contribution >= 0.6 is 15.9 Å². The molecular weight excluding hydrogens is 362 g/mol. The lowest BCUT2D eigenvalue weighted by molar-refractivity contribution is 0.0601. The van der Waals surface area contributed by atoms with Gasteiger partial charge in [0.15, 0.2) is 0 Å². The van der Waals surface area contributed by atoms with Gasteiger partial charge in [-0.2, -0.15) is 0 Å². The Morgan fingerprint density at radius 3 is 2.33 bits per heavy atom. The van der Waals surface area contributed by atoms with Crippen molar-refractivity contribution >= 4 is 31.9 Å². The van der Waals surface area contributed by atoms with Crippen LogP contribution in [0.25, 0.3) is 0 Å². The van der Waals surface area contributed by atoms with Gasteiger partial charge in [-0.05, 0) is 46.3 Å². The molecule has 2 rings (SSSR count). The van der Waals surface area contributed by atoms with Crippen molar-refractivity contribution in [2.45, 2.75) is 4.90 Å². The zero-order valence-electron chi connectivity index (χ0n) is 11.2. The van der Waals surface area contributed by atoms with Crippen LogP contribution < -0.4 is 4.74 Å². The number of halogens is 1. The molecule has 0 aliphatic rings. The standard InChI is InChI=1S/C13H12BrNO5S/c1-19-10-3-5-11(6-4-10)21(17,18)15-8-9(7-12(15)14)13(16)20-2/h3-8H,1-2H3. The van der Waals surface area contributed by atoms with Crippen LogP contribution in [0, 0.1) is 0 Å². The van der Waals surface area contributed by atoms with Crippen LogP contribution in [0.2, 0.25) is 0 Å². The van der Waals surface area contributed by atoms with Crippen molar-refractivity contribution in [3.8, 4) is 5.75 Å². The van der Waals surface area contributed by atoms with E-state index in [0.717, 1.165) is 3.97 Å². The Balaban J connectivity index is 2.48. The van der Waals surface area contributed by atoms with Gasteiger partial charge < -0.3 is 9.47 Å². The Bertz CT molecular complexity index is 764. The van der Waals surface area contributed by atoms with E-state index in [1.807, 2.05) is 0 Å². The second kappa shape index (κ2) is 5.90. The van der Waals surface area contributed by atoms with E-state index in [9.17, 15) is 13.2 Å². The van der Waals surface area contributed by atoms with Gasteiger partial charge in [-0.1, -0.05) is 0 Å². The van der Waals surface area contributed by atoms with Gasteiger partial charge in [-0.15, -0.1) is 0 Å². The lowest BCUT2D eigenvalue weighted by Gasteiger charge is -2.08. The van der Waals surface area contributed by atoms with Crippen molar-refractivity contribution in [2.75, 3.05) is 14.2 Å². The molecule has 0 unspecified atom stereocenters. The highest BCUT2D eigenvalue weighted by Crippen LogP contribution is 2.24. The third-order valence-electron chi connectivity index (χ3n) is 2.78. The van der Waals surface area contributed by atoms with E-state index in [-0.39, 0.29) is 15.1 Å². The summed E-state index contributed by atoms with van der Waals surface area (Å²) in [4.78, 5) is 11.5. The van der Waals surface area contributed by atoms with E-state index in [0.29, 0.717) is 5.75 Å². The third kappa shape index (κ3) is 2.96. The predicted octanol–water partition coefficient (Wildman–Crippen LogP) is 2.28. The topological polar surface area (TPSA) is 74.6 Å². The average Bonchev–Trinajstić information content (AvgIpc) is 2.89. The quantitative estimate of drug-likeness (QED) is 0.768. The number of rotatable bonds is 4. The fraction of sp³-hybridized carbons (Fsp3) is 0.154. The fourth-order valence-corrected chi connectivity index (χ4v) is 3.85. The summed E-state index contributed by atoms with van der Waals surface area (Å²) in [5.74, 6) is -0.0600. The van der Waals surface area contributed by atoms with Crippen LogP contribution in [-0.2, 0) is 14.8 Å². The largest absolute Gasteiger partial charge is 0.497 e. The van der Waals surface area contributed by atoms with Crippen LogP contribution in [0.15, 0.2) is 46.0 Å². The van der Waals surface area contributed by atoms with Gasteiger partial charge in [0.25, 0.3) is 10.0 Å². The molecule has 0 saturated carbocycles. The van der Waals surface area contributed by atoms with Crippen molar-refractivity contribution in [1.82, 2.24) is 3.97 Å². The van der Waals surface area contributed by atoms with Crippen LogP contribution in [0.1, 0.15) is 10.4 Å². The molecular formula is C13H12BrNO5S. The molecule has 21 heavy (non-hydrogen) atoms. The molecule has 0 saturated heterocycles. The van der Waals surface area contributed by atoms with Gasteiger partial charge in [0.2, 0.25) is 0 Å². The molecule has 112 valence electrons. The summed E-state index contributed by atoms with van der Waals surface area (Å²) in [6, 6.07) is 7.33. The molecule has 0 bridgehead atoms. The van der Waals surface area contributed by atoms with Crippen LogP contribution in [0.4, 0.5) is 0 Å². The number of methoxy groups -OCH3 is 2. The van der Waals surface area contributed by atoms with E-state index in [4.69, 9.17) is 4.74 Å². The first-order chi connectivity index (χ1) is 9.90. The molecule has 0 fully saturated rings. The van der Waals surface area contributed by atoms with Gasteiger partial charge in [0, 0.05) is 6.20 Å². The second-order valence-electron chi connectivity index (χ2n) is 4.02. The Labute approximate surface area is 130 Å². The van der Waals surface area contributed by atoms with E-state index in [1.54, 1.807) is 12.1 Å². The van der Waals surface area contributed by atoms with Crippen molar-refractivity contribution in [1.29, 1.82) is 0 Å². The molecule has 1 aromatic heterocycles. The molecule has 6 nitrogen and oxygen atoms in total. The minimum absolute atomic E-state index is 0.0796. The van der Waals surface area contributed by atoms with Gasteiger partial charge in [-0.25, -0.2) is 17.2 Å². The third-order valence-corrected chi connectivity index (χ3v) is 5.31. The minimum atomic E-state index is -3.81. The second-order valence-corrected chi connectivity index (χ2v) is 6.65. The number of benzene rings is 1. The lowest BCUT2D eigenvalue weighted by atomic mass is 10.3. The monoisotopic (exact) mass is 373 g/mol. The number of aromatic nitrogens is 1. The van der Waals surface area contributed by atoms with Gasteiger partial charge in [0.05, 0.1) is 24.7 Å². The van der Waals surface area contributed by atoms with Crippen molar-refractivity contribution in [2.24, 2.45) is 0 Å². The lowest BCUT2D eigenvalue weighted by Crippen LogP contribution is -2.12. The first-order valence-corrected chi connectivity index (χ1v) is 7.99. The Morgan fingerprint density at radius 1 is 1.19 bits per heavy atom. The maximum Gasteiger partial charge on any atom is 0.339 e. The van der Waals surface area contributed by atoms with E-state index < -0.39 is 16.0 Å². The number of carbonyl (C=O) groups is 1. The SMILES string of the molecule is COC(=O)c1cc(Br)n(S(=O)(=O)c2ccc(OC)cc2)c1. The highest BCUT2D eigenvalue weighted by atomic mass is 79.9. The Kier molecular flexibility index (Phi) is 4.38. The van der Waals surface area contributed by atoms with Crippen molar-refractivity contribution in [3.63, 3.8) is 0 Å². The maximum absolute atomic E-state index is 12.5. The normalized spacial score (nSPS) is 11.2. The molecule has 0 aliphatic heterocycles. The molecule has 0 aliphatic carbocycles. The summed E-state index contributed by atoms with van der Waals surface area (Å²) in [5, 5.41) is 0. The number of ether oxygens (including phenoxy) is 2. The Hall–Kier alpha value is -1.80. The Morgan fingerprint density at radius 2 is 1.81 bits per heavy atom. The molecule has 1 heterocycles. The summed E-state index contributed by atoms with van der Waals surface area (Å²) in [6.45, 7) is 0. The first-order valence-electron chi connectivity index (χ1n) is 5.76. The number of esters is 1. The van der Waals surface area contributed by atoms with Crippen LogP contribution in [0.5, 0.6) is 5.75 Å². The van der Waals surface area contributed by atoms with E-state index in [1.165, 1.54) is 38.6 Å². The van der Waals surface area contributed by atoms with Crippen molar-refractivity contribution in [3.05, 3.63) is 46.7 Å². The summed E-state index contributed by atoms with van der Waals surface area (Å²) in [6.07, 6.45) is 1.20. The molecule has 0 spiro atoms. The average molecular weight is 374 g/mol. The molecule has 0 amide bonds. The molecule has 0 radical (unpaired) electrons. The van der Waals surface area contributed by atoms with Gasteiger partial charge in [0.1, 0.15) is 10.4 Å². The van der Waals surface area contributed by atoms with Crippen LogP contribution in [-0.4, -0.2) is 32.6 Å². The highest BCUT2D eigenvalue weighted by molar-refractivity contribution is 9.10. The number of hydrogen-bond acceptors (Lipinski definition) is 5. The van der Waals surface area contributed by atoms with E-state index >= 15 is 0 Å². The molecule has 8 heteroatoms. The molecule has 0 atom stereocenters. The number of hydrogen-bond donors (Lipinski definition) is 0. The summed E-state index contributed by atoms with van der Waals surface area (Å²) < 4.78 is 35.8. The van der Waals surface area contributed by atoms with Gasteiger partial charge >= 0.3 is 5.97 Å². The van der Waals surface area contributed by atoms with Gasteiger partial charge in [-0.3, -0.25) is 0 Å². The van der Waals surface area contributed by atoms with Crippen LogP contribution in [0.3, 0.4) is 0 Å². The predicted molar refractivity (Wildman–Crippen MR) is 79.0 cm³/mol. The molecule has 1 aromatic carbocycles. The summed E-state index contributed by atoms with van der Waals surface area (Å²) in [5.41, 5.74) is 0.140. The molecule has 2 aromatic rings. The maximum atomic E-state index is 12.5. The minimum Gasteiger partial charge on any atom is -0.497 e.